The minimum absolute atomic E-state index is 0.513. The molecule has 17 heavy (non-hydrogen) atoms. The standard InChI is InChI=1S/C15H24N2/c1-3-15(13-6-4-12(2)5-7-13)17-14-8-10-16-11-9-14/h4-7,14-17H,3,8-11H2,1-2H3. The molecule has 0 saturated carbocycles. The Morgan fingerprint density at radius 2 is 1.88 bits per heavy atom. The molecule has 2 rings (SSSR count). The van der Waals surface area contributed by atoms with Crippen LogP contribution in [0, 0.1) is 6.92 Å². The van der Waals surface area contributed by atoms with E-state index in [0.717, 1.165) is 19.5 Å². The molecule has 0 spiro atoms. The summed E-state index contributed by atoms with van der Waals surface area (Å²) in [5.74, 6) is 0. The molecule has 2 heteroatoms. The Morgan fingerprint density at radius 1 is 1.24 bits per heavy atom. The van der Waals surface area contributed by atoms with Gasteiger partial charge in [0.05, 0.1) is 0 Å². The third kappa shape index (κ3) is 3.55. The monoisotopic (exact) mass is 232 g/mol. The molecule has 1 unspecified atom stereocenters. The van der Waals surface area contributed by atoms with Crippen molar-refractivity contribution in [2.24, 2.45) is 0 Å². The zero-order valence-corrected chi connectivity index (χ0v) is 11.0. The van der Waals surface area contributed by atoms with E-state index in [1.54, 1.807) is 0 Å². The second kappa shape index (κ2) is 6.18. The molecule has 94 valence electrons. The van der Waals surface area contributed by atoms with E-state index in [2.05, 4.69) is 48.7 Å². The van der Waals surface area contributed by atoms with Crippen molar-refractivity contribution >= 4 is 0 Å². The highest BCUT2D eigenvalue weighted by Crippen LogP contribution is 2.19. The number of hydrogen-bond donors (Lipinski definition) is 2. The summed E-state index contributed by atoms with van der Waals surface area (Å²) in [4.78, 5) is 0. The summed E-state index contributed by atoms with van der Waals surface area (Å²) in [6.07, 6.45) is 3.66. The number of aryl methyl sites for hydroxylation is 1. The Hall–Kier alpha value is -0.860. The predicted molar refractivity (Wildman–Crippen MR) is 73.2 cm³/mol. The number of piperidine rings is 1. The first kappa shape index (κ1) is 12.6. The average Bonchev–Trinajstić information content (AvgIpc) is 2.38. The van der Waals surface area contributed by atoms with Crippen molar-refractivity contribution in [2.75, 3.05) is 13.1 Å². The highest BCUT2D eigenvalue weighted by Gasteiger charge is 2.17. The van der Waals surface area contributed by atoms with E-state index >= 15 is 0 Å². The summed E-state index contributed by atoms with van der Waals surface area (Å²) in [7, 11) is 0. The Balaban J connectivity index is 1.97. The summed E-state index contributed by atoms with van der Waals surface area (Å²) in [6, 6.07) is 10.1. The molecular formula is C15H24N2. The molecule has 0 bridgehead atoms. The molecule has 2 nitrogen and oxygen atoms in total. The average molecular weight is 232 g/mol. The largest absolute Gasteiger partial charge is 0.317 e. The summed E-state index contributed by atoms with van der Waals surface area (Å²) in [5, 5.41) is 7.21. The van der Waals surface area contributed by atoms with Crippen LogP contribution < -0.4 is 10.6 Å². The van der Waals surface area contributed by atoms with Crippen LogP contribution >= 0.6 is 0 Å². The smallest absolute Gasteiger partial charge is 0.0320 e. The predicted octanol–water partition coefficient (Wildman–Crippen LogP) is 2.79. The number of hydrogen-bond acceptors (Lipinski definition) is 2. The van der Waals surface area contributed by atoms with Crippen molar-refractivity contribution < 1.29 is 0 Å². The first-order valence-electron chi connectivity index (χ1n) is 6.83. The number of benzene rings is 1. The van der Waals surface area contributed by atoms with Gasteiger partial charge in [0.25, 0.3) is 0 Å². The molecule has 1 fully saturated rings. The minimum Gasteiger partial charge on any atom is -0.317 e. The molecule has 1 aliphatic heterocycles. The van der Waals surface area contributed by atoms with E-state index in [9.17, 15) is 0 Å². The van der Waals surface area contributed by atoms with E-state index in [1.807, 2.05) is 0 Å². The quantitative estimate of drug-likeness (QED) is 0.834. The zero-order chi connectivity index (χ0) is 12.1. The van der Waals surface area contributed by atoms with Crippen LogP contribution in [0.3, 0.4) is 0 Å². The maximum absolute atomic E-state index is 3.80. The van der Waals surface area contributed by atoms with Gasteiger partial charge >= 0.3 is 0 Å². The van der Waals surface area contributed by atoms with Crippen molar-refractivity contribution in [2.45, 2.75) is 45.2 Å². The van der Waals surface area contributed by atoms with Crippen LogP contribution in [0.2, 0.25) is 0 Å². The van der Waals surface area contributed by atoms with Crippen LogP contribution in [0.5, 0.6) is 0 Å². The van der Waals surface area contributed by atoms with Crippen LogP contribution in [-0.4, -0.2) is 19.1 Å². The lowest BCUT2D eigenvalue weighted by molar-refractivity contribution is 0.345. The highest BCUT2D eigenvalue weighted by molar-refractivity contribution is 5.24. The van der Waals surface area contributed by atoms with Crippen LogP contribution in [0.1, 0.15) is 43.4 Å². The first-order chi connectivity index (χ1) is 8.29. The normalized spacial score (nSPS) is 19.2. The second-order valence-corrected chi connectivity index (χ2v) is 5.06. The first-order valence-corrected chi connectivity index (χ1v) is 6.83. The molecule has 0 radical (unpaired) electrons. The van der Waals surface area contributed by atoms with Crippen molar-refractivity contribution in [3.63, 3.8) is 0 Å². The summed E-state index contributed by atoms with van der Waals surface area (Å²) in [5.41, 5.74) is 2.77. The summed E-state index contributed by atoms with van der Waals surface area (Å²) >= 11 is 0. The second-order valence-electron chi connectivity index (χ2n) is 5.06. The maximum Gasteiger partial charge on any atom is 0.0320 e. The molecular weight excluding hydrogens is 208 g/mol. The van der Waals surface area contributed by atoms with Gasteiger partial charge in [-0.05, 0) is 44.8 Å². The molecule has 0 aliphatic carbocycles. The molecule has 0 amide bonds. The Kier molecular flexibility index (Phi) is 4.57. The topological polar surface area (TPSA) is 24.1 Å². The van der Waals surface area contributed by atoms with E-state index in [1.165, 1.54) is 24.0 Å². The molecule has 1 aromatic carbocycles. The van der Waals surface area contributed by atoms with Crippen molar-refractivity contribution in [3.8, 4) is 0 Å². The van der Waals surface area contributed by atoms with Crippen molar-refractivity contribution in [3.05, 3.63) is 35.4 Å². The van der Waals surface area contributed by atoms with Gasteiger partial charge in [-0.2, -0.15) is 0 Å². The Morgan fingerprint density at radius 3 is 2.47 bits per heavy atom. The lowest BCUT2D eigenvalue weighted by Gasteiger charge is -2.28. The molecule has 0 aromatic heterocycles. The minimum atomic E-state index is 0.513. The summed E-state index contributed by atoms with van der Waals surface area (Å²) < 4.78 is 0. The fourth-order valence-corrected chi connectivity index (χ4v) is 2.52. The van der Waals surface area contributed by atoms with Gasteiger partial charge in [0, 0.05) is 12.1 Å². The van der Waals surface area contributed by atoms with Gasteiger partial charge in [-0.1, -0.05) is 36.8 Å². The molecule has 1 aromatic rings. The van der Waals surface area contributed by atoms with E-state index < -0.39 is 0 Å². The van der Waals surface area contributed by atoms with Crippen molar-refractivity contribution in [1.82, 2.24) is 10.6 Å². The molecule has 2 N–H and O–H groups in total. The third-order valence-corrected chi connectivity index (χ3v) is 3.66. The van der Waals surface area contributed by atoms with Gasteiger partial charge < -0.3 is 10.6 Å². The van der Waals surface area contributed by atoms with Crippen LogP contribution in [0.4, 0.5) is 0 Å². The number of rotatable bonds is 4. The van der Waals surface area contributed by atoms with Gasteiger partial charge in [-0.3, -0.25) is 0 Å². The lowest BCUT2D eigenvalue weighted by atomic mass is 9.99. The van der Waals surface area contributed by atoms with Gasteiger partial charge in [0.1, 0.15) is 0 Å². The van der Waals surface area contributed by atoms with Gasteiger partial charge in [0.15, 0.2) is 0 Å². The molecule has 1 atom stereocenters. The number of nitrogens with one attached hydrogen (secondary N) is 2. The van der Waals surface area contributed by atoms with Crippen molar-refractivity contribution in [1.29, 1.82) is 0 Å². The van der Waals surface area contributed by atoms with E-state index in [-0.39, 0.29) is 0 Å². The molecule has 1 heterocycles. The SMILES string of the molecule is CCC(NC1CCNCC1)c1ccc(C)cc1. The van der Waals surface area contributed by atoms with Gasteiger partial charge in [-0.15, -0.1) is 0 Å². The van der Waals surface area contributed by atoms with Crippen LogP contribution in [0.25, 0.3) is 0 Å². The van der Waals surface area contributed by atoms with Gasteiger partial charge in [0.2, 0.25) is 0 Å². The van der Waals surface area contributed by atoms with E-state index in [0.29, 0.717) is 12.1 Å². The van der Waals surface area contributed by atoms with E-state index in [4.69, 9.17) is 0 Å². The summed E-state index contributed by atoms with van der Waals surface area (Å²) in [6.45, 7) is 6.72. The maximum atomic E-state index is 3.80. The fraction of sp³-hybridized carbons (Fsp3) is 0.600. The fourth-order valence-electron chi connectivity index (χ4n) is 2.52. The Labute approximate surface area is 105 Å². The Bertz CT molecular complexity index is 325. The van der Waals surface area contributed by atoms with Crippen LogP contribution in [-0.2, 0) is 0 Å². The lowest BCUT2D eigenvalue weighted by Crippen LogP contribution is -2.41. The zero-order valence-electron chi connectivity index (χ0n) is 11.0. The highest BCUT2D eigenvalue weighted by atomic mass is 15.0. The van der Waals surface area contributed by atoms with Crippen LogP contribution in [0.15, 0.2) is 24.3 Å². The third-order valence-electron chi connectivity index (χ3n) is 3.66. The van der Waals surface area contributed by atoms with Gasteiger partial charge in [-0.25, -0.2) is 0 Å². The molecule has 1 saturated heterocycles. The molecule has 1 aliphatic rings.